The van der Waals surface area contributed by atoms with E-state index in [9.17, 15) is 5.48 Å². The molecular weight excluding hydrogens is 601 g/mol. The average molecular weight is 642 g/mol. The minimum atomic E-state index is -0.625. The Bertz CT molecular complexity index is 3950. The van der Waals surface area contributed by atoms with Gasteiger partial charge in [0.15, 0.2) is 5.58 Å². The fourth-order valence-corrected chi connectivity index (χ4v) is 6.69. The highest BCUT2D eigenvalue weighted by atomic mass is 16.3. The summed E-state index contributed by atoms with van der Waals surface area (Å²) < 4.78 is 145. The summed E-state index contributed by atoms with van der Waals surface area (Å²) in [6, 6.07) is 11.7. The van der Waals surface area contributed by atoms with Crippen LogP contribution in [0.3, 0.4) is 0 Å². The molecule has 0 radical (unpaired) electrons. The second-order valence-electron chi connectivity index (χ2n) is 11.6. The Morgan fingerprint density at radius 1 is 0.510 bits per heavy atom. The van der Waals surface area contributed by atoms with E-state index in [1.54, 1.807) is 30.3 Å². The molecule has 0 saturated carbocycles. The van der Waals surface area contributed by atoms with Crippen molar-refractivity contribution >= 4 is 76.4 Å². The molecule has 0 fully saturated rings. The molecule has 0 amide bonds. The number of fused-ring (bicyclic) bond motifs is 9. The van der Waals surface area contributed by atoms with Crippen LogP contribution in [0, 0.1) is 0 Å². The molecule has 0 spiro atoms. The Morgan fingerprint density at radius 2 is 1.24 bits per heavy atom. The van der Waals surface area contributed by atoms with Crippen molar-refractivity contribution in [2.75, 3.05) is 0 Å². The van der Waals surface area contributed by atoms with Gasteiger partial charge in [0, 0.05) is 32.7 Å². The molecule has 0 N–H and O–H groups in total. The average Bonchev–Trinajstić information content (AvgIpc) is 3.98. The van der Waals surface area contributed by atoms with E-state index in [4.69, 9.17) is 23.9 Å². The molecule has 0 aliphatic heterocycles. The largest absolute Gasteiger partial charge is 0.456 e. The third-order valence-corrected chi connectivity index (χ3v) is 8.89. The van der Waals surface area contributed by atoms with Crippen molar-refractivity contribution in [2.24, 2.45) is 0 Å². The van der Waals surface area contributed by atoms with Gasteiger partial charge in [0.1, 0.15) is 16.7 Å². The number of nitrogens with zero attached hydrogens (tertiary/aromatic N) is 2. The van der Waals surface area contributed by atoms with Crippen LogP contribution in [0.5, 0.6) is 0 Å². The van der Waals surface area contributed by atoms with Gasteiger partial charge in [-0.15, -0.1) is 0 Å². The third kappa shape index (κ3) is 3.95. The fraction of sp³-hybridized carbons (Fsp3) is 0. The Labute approximate surface area is 301 Å². The van der Waals surface area contributed by atoms with E-state index >= 15 is 0 Å². The number of aromatic nitrogens is 2. The van der Waals surface area contributed by atoms with Gasteiger partial charge in [0.2, 0.25) is 5.89 Å². The highest BCUT2D eigenvalue weighted by Crippen LogP contribution is 2.43. The van der Waals surface area contributed by atoms with E-state index in [2.05, 4.69) is 4.98 Å². The molecule has 0 unspecified atom stereocenters. The van der Waals surface area contributed by atoms with Gasteiger partial charge in [-0.1, -0.05) is 90.8 Å². The summed E-state index contributed by atoms with van der Waals surface area (Å²) >= 11 is 0. The van der Waals surface area contributed by atoms with Crippen molar-refractivity contribution in [1.29, 1.82) is 0 Å². The minimum absolute atomic E-state index is 0.102. The van der Waals surface area contributed by atoms with Crippen LogP contribution >= 0.6 is 0 Å². The van der Waals surface area contributed by atoms with Gasteiger partial charge in [-0.2, -0.15) is 0 Å². The van der Waals surface area contributed by atoms with Crippen molar-refractivity contribution in [1.82, 2.24) is 9.55 Å². The summed E-state index contributed by atoms with van der Waals surface area (Å²) in [6.45, 7) is 0. The van der Waals surface area contributed by atoms with E-state index in [-0.39, 0.29) is 60.8 Å². The number of rotatable bonds is 3. The van der Waals surface area contributed by atoms with Crippen molar-refractivity contribution < 1.29 is 29.4 Å². The maximum Gasteiger partial charge on any atom is 0.227 e. The van der Waals surface area contributed by atoms with Crippen molar-refractivity contribution in [3.05, 3.63) is 157 Å². The van der Waals surface area contributed by atoms with Gasteiger partial charge in [-0.05, 0) is 93.7 Å². The van der Waals surface area contributed by atoms with Crippen LogP contribution in [0.25, 0.3) is 105 Å². The van der Waals surface area contributed by atoms with Crippen molar-refractivity contribution in [3.63, 3.8) is 0 Å². The van der Waals surface area contributed by atoms with Crippen LogP contribution in [0.15, 0.2) is 166 Å². The number of para-hydroxylation sites is 1. The smallest absolute Gasteiger partial charge is 0.227 e. The molecule has 8 aromatic carbocycles. The van der Waals surface area contributed by atoms with Gasteiger partial charge in [-0.25, -0.2) is 4.98 Å². The van der Waals surface area contributed by atoms with Gasteiger partial charge in [0.25, 0.3) is 0 Å². The van der Waals surface area contributed by atoms with Crippen LogP contribution < -0.4 is 0 Å². The van der Waals surface area contributed by atoms with Crippen LogP contribution in [-0.2, 0) is 0 Å². The highest BCUT2D eigenvalue weighted by molar-refractivity contribution is 6.16. The first-order valence-electron chi connectivity index (χ1n) is 22.8. The Hall–Kier alpha value is -6.65. The zero-order chi connectivity index (χ0) is 45.1. The molecule has 4 nitrogen and oxygen atoms in total. The highest BCUT2D eigenvalue weighted by Gasteiger charge is 2.21. The first kappa shape index (κ1) is 16.0. The molecule has 49 heavy (non-hydrogen) atoms. The van der Waals surface area contributed by atoms with Crippen LogP contribution in [0.2, 0.25) is 0 Å². The lowest BCUT2D eigenvalue weighted by molar-refractivity contribution is 0.620. The van der Waals surface area contributed by atoms with Crippen molar-refractivity contribution in [2.45, 2.75) is 0 Å². The monoisotopic (exact) mass is 641 g/mol. The summed E-state index contributed by atoms with van der Waals surface area (Å²) in [5, 5.41) is 2.32. The quantitative estimate of drug-likeness (QED) is 0.193. The zero-order valence-electron chi connectivity index (χ0n) is 40.1. The lowest BCUT2D eigenvalue weighted by atomic mass is 9.99. The number of oxazole rings is 1. The van der Waals surface area contributed by atoms with Crippen LogP contribution in [0.1, 0.15) is 20.6 Å². The number of hydrogen-bond acceptors (Lipinski definition) is 3. The molecule has 0 atom stereocenters. The molecule has 0 bridgehead atoms. The van der Waals surface area contributed by atoms with Crippen LogP contribution in [-0.4, -0.2) is 9.55 Å². The summed E-state index contributed by atoms with van der Waals surface area (Å²) in [5.41, 5.74) is 1.99. The predicted octanol–water partition coefficient (Wildman–Crippen LogP) is 12.5. The number of benzene rings is 8. The van der Waals surface area contributed by atoms with Gasteiger partial charge < -0.3 is 13.4 Å². The lowest BCUT2D eigenvalue weighted by Gasteiger charge is -2.15. The molecule has 0 aliphatic rings. The molecule has 3 aromatic heterocycles. The van der Waals surface area contributed by atoms with E-state index in [1.807, 2.05) is 36.4 Å². The van der Waals surface area contributed by atoms with Gasteiger partial charge >= 0.3 is 0 Å². The van der Waals surface area contributed by atoms with E-state index < -0.39 is 90.6 Å². The summed E-state index contributed by atoms with van der Waals surface area (Å²) in [6.07, 6.45) is 0. The topological polar surface area (TPSA) is 44.1 Å². The molecule has 3 heterocycles. The minimum Gasteiger partial charge on any atom is -0.456 e. The maximum absolute atomic E-state index is 9.73. The van der Waals surface area contributed by atoms with E-state index in [0.717, 1.165) is 10.8 Å². The summed E-state index contributed by atoms with van der Waals surface area (Å²) in [4.78, 5) is 4.57. The van der Waals surface area contributed by atoms with Crippen LogP contribution in [0.4, 0.5) is 0 Å². The second-order valence-corrected chi connectivity index (χ2v) is 11.6. The lowest BCUT2D eigenvalue weighted by Crippen LogP contribution is -1.97. The molecule has 228 valence electrons. The van der Waals surface area contributed by atoms with Crippen molar-refractivity contribution in [3.8, 4) is 28.3 Å². The normalized spacial score (nSPS) is 16.4. The second kappa shape index (κ2) is 9.93. The van der Waals surface area contributed by atoms with E-state index in [0.29, 0.717) is 33.1 Å². The Balaban J connectivity index is 1.31. The number of furan rings is 1. The molecular formula is C45H26N2O2. The van der Waals surface area contributed by atoms with Gasteiger partial charge in [0.05, 0.1) is 37.3 Å². The Morgan fingerprint density at radius 3 is 2.12 bits per heavy atom. The molecule has 11 aromatic rings. The standard InChI is InChI=1S/C45H26N2O2/c1-2-10-27(11-3-1)45-46-38-22-32(18-19-42(38)49-45)34-26-44-37(36-21-29-13-5-7-15-31(29)24-43(36)48-44)25-41(34)47-39-17-9-8-16-33(39)35-20-28-12-4-6-14-30(28)23-40(35)47/h1-26H/i1D,2D,3D,4D,6D,8D,9D,10D,11D,12D,14D,16D,17D,20D,23D. The zero-order valence-corrected chi connectivity index (χ0v) is 25.1. The Kier molecular flexibility index (Phi) is 3.23. The van der Waals surface area contributed by atoms with E-state index in [1.165, 1.54) is 4.57 Å². The first-order chi connectivity index (χ1) is 30.5. The number of hydrogen-bond donors (Lipinski definition) is 0. The molecule has 0 aliphatic carbocycles. The first-order valence-corrected chi connectivity index (χ1v) is 15.3. The molecule has 4 heteroatoms. The third-order valence-electron chi connectivity index (χ3n) is 8.89. The fourth-order valence-electron chi connectivity index (χ4n) is 6.69. The predicted molar refractivity (Wildman–Crippen MR) is 202 cm³/mol. The molecule has 0 saturated heterocycles. The molecule has 11 rings (SSSR count). The SMILES string of the molecule is [2H]c1c([2H])c([2H])c(-c2nc3cc(-c4cc5oc6cc7ccccc7cc6c5cc4-n4c5c([2H])c([2H])c([2H])c([2H])c5c5c([2H])c6c([2H])c([2H])c([2H])c([2H])c6c([2H])c54)ccc3o2)c([2H])c1[2H]. The summed E-state index contributed by atoms with van der Waals surface area (Å²) in [5.74, 6) is -0.221. The maximum atomic E-state index is 9.73. The van der Waals surface area contributed by atoms with Gasteiger partial charge in [-0.3, -0.25) is 0 Å². The summed E-state index contributed by atoms with van der Waals surface area (Å²) in [7, 11) is 0.